The van der Waals surface area contributed by atoms with Crippen LogP contribution < -0.4 is 42.1 Å². The van der Waals surface area contributed by atoms with Crippen LogP contribution in [0, 0.1) is 0 Å². The molecule has 0 heterocycles. The summed E-state index contributed by atoms with van der Waals surface area (Å²) >= 11 is 0. The first-order chi connectivity index (χ1) is 63.0. The Labute approximate surface area is 838 Å². The number of hydrogen-bond donors (Lipinski definition) is 8. The van der Waals surface area contributed by atoms with Crippen molar-refractivity contribution in [2.75, 3.05) is 194 Å². The summed E-state index contributed by atoms with van der Waals surface area (Å²) < 4.78 is 44.1. The van der Waals surface area contributed by atoms with E-state index in [4.69, 9.17) is 33.2 Å². The zero-order valence-corrected chi connectivity index (χ0v) is 93.9. The van der Waals surface area contributed by atoms with Crippen LogP contribution in [0.1, 0.15) is 193 Å². The summed E-state index contributed by atoms with van der Waals surface area (Å²) in [6.45, 7) is 46.5. The first-order valence-electron chi connectivity index (χ1n) is 49.1. The van der Waals surface area contributed by atoms with Gasteiger partial charge in [-0.1, -0.05) is 55.5 Å². The minimum atomic E-state index is -1.01. The Bertz CT molecular complexity index is 4930. The number of likely N-dealkylation sites (N-methyl/N-ethyl adjacent to an activating group) is 6. The first kappa shape index (κ1) is 125. The molecule has 1 aliphatic rings. The van der Waals surface area contributed by atoms with Crippen LogP contribution in [0.15, 0.2) is 158 Å². The lowest BCUT2D eigenvalue weighted by Crippen LogP contribution is -2.68. The number of benzene rings is 7. The monoisotopic (exact) mass is 1950 g/mol. The Morgan fingerprint density at radius 1 is 0.396 bits per heavy atom. The zero-order valence-electron chi connectivity index (χ0n) is 93.9. The number of methoxy groups -OCH3 is 1. The van der Waals surface area contributed by atoms with E-state index in [1.807, 2.05) is 269 Å². The normalized spacial score (nSPS) is 16.8. The van der Waals surface area contributed by atoms with E-state index < -0.39 is 46.4 Å². The number of Topliss-reactive ketones (excluding diaryl/α,β-unsaturated/α-hetero) is 1. The molecule has 0 aliphatic heterocycles. The fraction of sp³-hybridized carbons (Fsp3) is 0.616. The van der Waals surface area contributed by atoms with Crippen molar-refractivity contribution in [3.63, 3.8) is 0 Å². The third-order valence-electron chi connectivity index (χ3n) is 30.9. The van der Waals surface area contributed by atoms with Crippen LogP contribution in [-0.2, 0) is 22.4 Å². The number of ether oxygens (including phenoxy) is 7. The second-order valence-electron chi connectivity index (χ2n) is 47.3. The number of quaternary nitrogens is 9. The number of carbonyl (C=O) groups is 3. The molecule has 0 spiro atoms. The van der Waals surface area contributed by atoms with Gasteiger partial charge in [-0.05, 0) is 206 Å². The van der Waals surface area contributed by atoms with E-state index in [-0.39, 0.29) is 82.8 Å². The van der Waals surface area contributed by atoms with Gasteiger partial charge < -0.3 is 83.0 Å². The Hall–Kier alpha value is -8.27. The van der Waals surface area contributed by atoms with Crippen LogP contribution in [0.5, 0.6) is 40.2 Å². The number of amides is 2. The SMILES string of the molecule is CC(=O)[N+](C)(C)c1ccc(OCC(C)(O)[N+](C)(C)C(C)C)cc1.CC(C)(C)[N+](C)(C)C(C)(O)CCOc1cccc2c1CC(O)C(O)C2.CC(C)(C)[N+](C)(C)C(C)(O)COc1cccc2ccccc12.CC(C)[N+](C)(C)C(C)(O)COc1ccc(C(=O)C[N+](C)(C)C)cc1.CCCC(=O)[N+](C)(C)c1ccc(OCC(C)(O)C[N+](C)(C)C(C)C)cc1.COc1ccc(OCC(C)(O)[N+](C)(C)C(C)C)cc1. The molecular formula is C112H192N9O18+9. The van der Waals surface area contributed by atoms with Gasteiger partial charge in [-0.3, -0.25) is 27.2 Å². The Kier molecular flexibility index (Phi) is 44.3. The molecule has 8 rings (SSSR count). The lowest BCUT2D eigenvalue weighted by Gasteiger charge is -2.51. The van der Waals surface area contributed by atoms with Crippen LogP contribution >= 0.6 is 0 Å². The van der Waals surface area contributed by atoms with E-state index >= 15 is 0 Å². The molecule has 8 N–H and O–H groups in total. The molecular weight excluding hydrogens is 1760 g/mol. The van der Waals surface area contributed by atoms with Gasteiger partial charge in [-0.25, -0.2) is 18.6 Å². The summed E-state index contributed by atoms with van der Waals surface area (Å²) in [4.78, 5) is 36.2. The van der Waals surface area contributed by atoms with Gasteiger partial charge in [-0.15, -0.1) is 0 Å². The van der Waals surface area contributed by atoms with Gasteiger partial charge >= 0.3 is 11.8 Å². The molecule has 1 aliphatic carbocycles. The van der Waals surface area contributed by atoms with E-state index in [2.05, 4.69) is 123 Å². The number of nitrogens with zero attached hydrogens (tertiary/aromatic N) is 9. The van der Waals surface area contributed by atoms with Gasteiger partial charge in [0.05, 0.1) is 215 Å². The number of carbonyl (C=O) groups excluding carboxylic acids is 3. The van der Waals surface area contributed by atoms with Crippen molar-refractivity contribution in [3.8, 4) is 40.2 Å². The third-order valence-corrected chi connectivity index (χ3v) is 30.9. The Balaban J connectivity index is 0.000000430. The fourth-order valence-electron chi connectivity index (χ4n) is 14.4. The molecule has 0 saturated carbocycles. The molecule has 27 nitrogen and oxygen atoms in total. The molecule has 0 bridgehead atoms. The van der Waals surface area contributed by atoms with E-state index in [0.29, 0.717) is 107 Å². The van der Waals surface area contributed by atoms with Gasteiger partial charge in [0.2, 0.25) is 34.4 Å². The van der Waals surface area contributed by atoms with Crippen LogP contribution in [-0.4, -0.2) is 365 Å². The highest BCUT2D eigenvalue weighted by molar-refractivity contribution is 5.97. The highest BCUT2D eigenvalue weighted by Crippen LogP contribution is 2.38. The second-order valence-corrected chi connectivity index (χ2v) is 47.3. The fourth-order valence-corrected chi connectivity index (χ4v) is 14.4. The predicted molar refractivity (Wildman–Crippen MR) is 566 cm³/mol. The van der Waals surface area contributed by atoms with Crippen molar-refractivity contribution >= 4 is 39.7 Å². The average molecular weight is 1950 g/mol. The van der Waals surface area contributed by atoms with Crippen molar-refractivity contribution in [3.05, 3.63) is 174 Å². The molecule has 2 amide bonds. The number of ketones is 1. The van der Waals surface area contributed by atoms with Crippen molar-refractivity contribution in [2.45, 2.75) is 266 Å². The van der Waals surface area contributed by atoms with Gasteiger partial charge in [0.15, 0.2) is 26.4 Å². The summed E-state index contributed by atoms with van der Waals surface area (Å²) in [5, 5.41) is 86.7. The molecule has 139 heavy (non-hydrogen) atoms. The van der Waals surface area contributed by atoms with Crippen molar-refractivity contribution < 1.29 is 120 Å². The molecule has 784 valence electrons. The van der Waals surface area contributed by atoms with Crippen LogP contribution in [0.4, 0.5) is 11.4 Å². The van der Waals surface area contributed by atoms with E-state index in [1.54, 1.807) is 59.1 Å². The number of fused-ring (bicyclic) bond motifs is 2. The maximum absolute atomic E-state index is 12.3. The minimum Gasteiger partial charge on any atom is -0.497 e. The minimum absolute atomic E-state index is 0.0672. The Morgan fingerprint density at radius 2 is 0.755 bits per heavy atom. The molecule has 7 aromatic carbocycles. The maximum Gasteiger partial charge on any atom is 0.318 e. The number of hydrogen-bond acceptors (Lipinski definition) is 18. The van der Waals surface area contributed by atoms with Crippen LogP contribution in [0.25, 0.3) is 10.8 Å². The molecule has 7 aromatic rings. The van der Waals surface area contributed by atoms with Crippen LogP contribution in [0.2, 0.25) is 0 Å². The molecule has 0 radical (unpaired) electrons. The van der Waals surface area contributed by atoms with Crippen molar-refractivity contribution in [2.24, 2.45) is 0 Å². The Morgan fingerprint density at radius 3 is 1.15 bits per heavy atom. The standard InChI is InChI=1S/C21H38N2O3.C20H34NO4.C19H34N2O3.C19H28NO2.C18H32N2O3.C15H26NO3/c1-9-10-20(24)23(7,8)18-11-13-19(14-12-18)26-16-21(4,25)15-22(5,6)17(2)3;1-19(2,3)21(5,6)20(4,24)10-11-25-18-9-7-8-14-12-16(22)17(23)13-15(14)18;1-15(2)21(7,8)19(3,23)14-24-17-11-9-16(10-12-17)18(22)13-20(4,5)6;1-18(2,3)20(5,6)19(4,21)14-22-17-13-9-11-15-10-7-8-12-16(15)17;1-14(2)20(7,8)18(4,22)13-23-17-11-9-16(10-12-17)19(5,6)15(3)21;1-12(2)16(4,5)15(3,17)11-19-14-9-7-13(18-6)8-10-14/h11-14,17,25H,9-10,15-16H2,1-8H3;7-9,16-17,22-24H,10-13H2,1-6H3;9-12,15,23H,13-14H2,1-8H3;7-13,21H,14H2,1-6H3;9-12,14,22H,13H2,1-8H3;7-10,12,17H,11H2,1-6H3/q+2;+1;+2;+1;+2;+1. The zero-order chi connectivity index (χ0) is 107. The number of aliphatic hydroxyl groups is 8. The first-order valence-corrected chi connectivity index (χ1v) is 49.1. The van der Waals surface area contributed by atoms with Crippen LogP contribution in [0.3, 0.4) is 0 Å². The summed E-state index contributed by atoms with van der Waals surface area (Å²) in [5.41, 5.74) is -1.49. The lowest BCUT2D eigenvalue weighted by molar-refractivity contribution is -1.00. The van der Waals surface area contributed by atoms with Gasteiger partial charge in [-0.2, -0.15) is 0 Å². The topological polar surface area (TPSA) is 278 Å². The number of aliphatic hydroxyl groups excluding tert-OH is 2. The second kappa shape index (κ2) is 49.3. The molecule has 0 aromatic heterocycles. The van der Waals surface area contributed by atoms with Crippen molar-refractivity contribution in [1.29, 1.82) is 0 Å². The summed E-state index contributed by atoms with van der Waals surface area (Å²) in [5.74, 6) is 5.47. The molecule has 0 fully saturated rings. The largest absolute Gasteiger partial charge is 0.497 e. The highest BCUT2D eigenvalue weighted by atomic mass is 16.5. The maximum atomic E-state index is 12.3. The average Bonchev–Trinajstić information content (AvgIpc) is 0.769. The van der Waals surface area contributed by atoms with E-state index in [1.165, 1.54) is 0 Å². The molecule has 27 heteroatoms. The van der Waals surface area contributed by atoms with Gasteiger partial charge in [0.25, 0.3) is 0 Å². The smallest absolute Gasteiger partial charge is 0.318 e. The summed E-state index contributed by atoms with van der Waals surface area (Å²) in [7, 11) is 39.4. The molecule has 8 atom stereocenters. The van der Waals surface area contributed by atoms with Gasteiger partial charge in [0, 0.05) is 88.2 Å². The van der Waals surface area contributed by atoms with Crippen molar-refractivity contribution in [1.82, 2.24) is 8.97 Å². The summed E-state index contributed by atoms with van der Waals surface area (Å²) in [6.07, 6.45) is 1.28. The predicted octanol–water partition coefficient (Wildman–Crippen LogP) is 15.6. The van der Waals surface area contributed by atoms with E-state index in [0.717, 1.165) is 67.2 Å². The molecule has 0 saturated heterocycles. The van der Waals surface area contributed by atoms with Gasteiger partial charge in [0.1, 0.15) is 76.9 Å². The summed E-state index contributed by atoms with van der Waals surface area (Å²) in [6, 6.07) is 50.7. The molecule has 8 unspecified atom stereocenters. The number of rotatable bonds is 38. The van der Waals surface area contributed by atoms with E-state index in [9.17, 15) is 55.2 Å². The quantitative estimate of drug-likeness (QED) is 0.0101. The third kappa shape index (κ3) is 34.8. The highest BCUT2D eigenvalue weighted by Gasteiger charge is 2.51. The lowest BCUT2D eigenvalue weighted by atomic mass is 9.87.